The zero-order valence-corrected chi connectivity index (χ0v) is 12.4. The Morgan fingerprint density at radius 3 is 2.43 bits per heavy atom. The van der Waals surface area contributed by atoms with E-state index in [1.54, 1.807) is 4.90 Å². The van der Waals surface area contributed by atoms with Crippen molar-refractivity contribution in [1.29, 1.82) is 0 Å². The van der Waals surface area contributed by atoms with Gasteiger partial charge in [0.2, 0.25) is 0 Å². The predicted molar refractivity (Wildman–Crippen MR) is 78.1 cm³/mol. The molecule has 0 radical (unpaired) electrons. The van der Waals surface area contributed by atoms with E-state index in [0.717, 1.165) is 31.4 Å². The second kappa shape index (κ2) is 7.27. The van der Waals surface area contributed by atoms with Gasteiger partial charge in [0.05, 0.1) is 6.54 Å². The molecule has 0 bridgehead atoms. The third-order valence-electron chi connectivity index (χ3n) is 3.73. The molecule has 1 saturated carbocycles. The number of hydrogen-bond acceptors (Lipinski definition) is 2. The van der Waals surface area contributed by atoms with Crippen LogP contribution in [0.1, 0.15) is 37.8 Å². The summed E-state index contributed by atoms with van der Waals surface area (Å²) in [7, 11) is 0. The van der Waals surface area contributed by atoms with Crippen molar-refractivity contribution in [2.45, 2.75) is 44.4 Å². The Balaban J connectivity index is 2.14. The number of nitrogens with zero attached hydrogens (tertiary/aromatic N) is 1. The van der Waals surface area contributed by atoms with Crippen LogP contribution >= 0.6 is 0 Å². The van der Waals surface area contributed by atoms with Gasteiger partial charge in [-0.15, -0.1) is 0 Å². The second-order valence-electron chi connectivity index (χ2n) is 5.65. The lowest BCUT2D eigenvalue weighted by Gasteiger charge is -2.33. The second-order valence-corrected chi connectivity index (χ2v) is 5.65. The Morgan fingerprint density at radius 1 is 1.24 bits per heavy atom. The van der Waals surface area contributed by atoms with E-state index in [1.165, 1.54) is 0 Å². The van der Waals surface area contributed by atoms with Crippen LogP contribution in [0.25, 0.3) is 0 Å². The van der Waals surface area contributed by atoms with Gasteiger partial charge in [-0.05, 0) is 31.4 Å². The first kappa shape index (κ1) is 16.3. The summed E-state index contributed by atoms with van der Waals surface area (Å²) < 4.78 is 38.7. The zero-order chi connectivity index (χ0) is 15.3. The van der Waals surface area contributed by atoms with Crippen LogP contribution in [-0.2, 0) is 0 Å². The van der Waals surface area contributed by atoms with E-state index >= 15 is 0 Å². The lowest BCUT2D eigenvalue weighted by atomic mass is 10.0. The van der Waals surface area contributed by atoms with Crippen LogP contribution in [-0.4, -0.2) is 36.8 Å². The predicted octanol–water partition coefficient (Wildman–Crippen LogP) is 3.75. The highest BCUT2D eigenvalue weighted by Crippen LogP contribution is 2.36. The van der Waals surface area contributed by atoms with Crippen LogP contribution in [0, 0.1) is 0 Å². The molecule has 5 heteroatoms. The summed E-state index contributed by atoms with van der Waals surface area (Å²) in [4.78, 5) is 1.62. The fourth-order valence-corrected chi connectivity index (χ4v) is 2.62. The normalized spacial score (nSPS) is 17.2. The molecule has 0 amide bonds. The highest BCUT2D eigenvalue weighted by Gasteiger charge is 2.41. The minimum Gasteiger partial charge on any atom is -0.315 e. The van der Waals surface area contributed by atoms with Crippen LogP contribution in [0.5, 0.6) is 0 Å². The van der Waals surface area contributed by atoms with Crippen molar-refractivity contribution < 1.29 is 13.2 Å². The van der Waals surface area contributed by atoms with Gasteiger partial charge in [-0.2, -0.15) is 13.2 Å². The van der Waals surface area contributed by atoms with Crippen molar-refractivity contribution in [3.63, 3.8) is 0 Å². The van der Waals surface area contributed by atoms with E-state index in [0.29, 0.717) is 6.54 Å². The molecule has 1 atom stereocenters. The van der Waals surface area contributed by atoms with Gasteiger partial charge in [0.1, 0.15) is 0 Å². The molecule has 0 aromatic heterocycles. The minimum atomic E-state index is -4.15. The van der Waals surface area contributed by atoms with Crippen LogP contribution < -0.4 is 5.32 Å². The van der Waals surface area contributed by atoms with Crippen LogP contribution in [0.4, 0.5) is 13.2 Å². The van der Waals surface area contributed by atoms with Crippen LogP contribution in [0.3, 0.4) is 0 Å². The van der Waals surface area contributed by atoms with Gasteiger partial charge in [-0.1, -0.05) is 37.3 Å². The Hall–Kier alpha value is -1.07. The average molecular weight is 300 g/mol. The van der Waals surface area contributed by atoms with Gasteiger partial charge in [-0.25, -0.2) is 0 Å². The third kappa shape index (κ3) is 5.32. The lowest BCUT2D eigenvalue weighted by molar-refractivity contribution is -0.152. The lowest BCUT2D eigenvalue weighted by Crippen LogP contribution is -2.42. The maximum atomic E-state index is 12.9. The van der Waals surface area contributed by atoms with Gasteiger partial charge in [0, 0.05) is 18.6 Å². The summed E-state index contributed by atoms with van der Waals surface area (Å²) in [5.41, 5.74) is 0.956. The SMILES string of the molecule is CCCNCC(c1ccccc1)N(CC(F)(F)F)C1CC1. The molecule has 0 spiro atoms. The number of alkyl halides is 3. The van der Waals surface area contributed by atoms with Crippen molar-refractivity contribution in [3.8, 4) is 0 Å². The molecule has 1 aromatic carbocycles. The summed E-state index contributed by atoms with van der Waals surface area (Å²) in [6.45, 7) is 2.61. The maximum Gasteiger partial charge on any atom is 0.401 e. The molecule has 1 unspecified atom stereocenters. The molecule has 1 aromatic rings. The summed E-state index contributed by atoms with van der Waals surface area (Å²) >= 11 is 0. The number of hydrogen-bond donors (Lipinski definition) is 1. The van der Waals surface area contributed by atoms with E-state index in [9.17, 15) is 13.2 Å². The van der Waals surface area contributed by atoms with Gasteiger partial charge in [0.25, 0.3) is 0 Å². The summed E-state index contributed by atoms with van der Waals surface area (Å²) in [6.07, 6.45) is -1.44. The van der Waals surface area contributed by atoms with E-state index in [4.69, 9.17) is 0 Å². The molecular weight excluding hydrogens is 277 g/mol. The number of benzene rings is 1. The topological polar surface area (TPSA) is 15.3 Å². The molecule has 21 heavy (non-hydrogen) atoms. The van der Waals surface area contributed by atoms with Crippen molar-refractivity contribution >= 4 is 0 Å². The van der Waals surface area contributed by atoms with E-state index in [-0.39, 0.29) is 12.1 Å². The molecule has 1 aliphatic rings. The number of rotatable bonds is 8. The van der Waals surface area contributed by atoms with E-state index in [1.807, 2.05) is 30.3 Å². The summed E-state index contributed by atoms with van der Waals surface area (Å²) in [5.74, 6) is 0. The Labute approximate surface area is 124 Å². The highest BCUT2D eigenvalue weighted by molar-refractivity contribution is 5.20. The summed E-state index contributed by atoms with van der Waals surface area (Å²) in [6, 6.07) is 9.37. The van der Waals surface area contributed by atoms with Gasteiger partial charge < -0.3 is 5.32 Å². The zero-order valence-electron chi connectivity index (χ0n) is 12.4. The largest absolute Gasteiger partial charge is 0.401 e. The highest BCUT2D eigenvalue weighted by atomic mass is 19.4. The minimum absolute atomic E-state index is 0.0697. The molecule has 0 aliphatic heterocycles. The first-order valence-electron chi connectivity index (χ1n) is 7.59. The molecule has 1 N–H and O–H groups in total. The maximum absolute atomic E-state index is 12.9. The molecule has 2 nitrogen and oxygen atoms in total. The van der Waals surface area contributed by atoms with Crippen molar-refractivity contribution in [2.75, 3.05) is 19.6 Å². The standard InChI is InChI=1S/C16H23F3N2/c1-2-10-20-11-15(13-6-4-3-5-7-13)21(14-8-9-14)12-16(17,18)19/h3-7,14-15,20H,2,8-12H2,1H3. The van der Waals surface area contributed by atoms with Crippen molar-refractivity contribution in [1.82, 2.24) is 10.2 Å². The first-order valence-corrected chi connectivity index (χ1v) is 7.59. The molecule has 0 heterocycles. The first-order chi connectivity index (χ1) is 10.0. The Kier molecular flexibility index (Phi) is 5.65. The third-order valence-corrected chi connectivity index (χ3v) is 3.73. The van der Waals surface area contributed by atoms with Crippen LogP contribution in [0.15, 0.2) is 30.3 Å². The van der Waals surface area contributed by atoms with Gasteiger partial charge in [-0.3, -0.25) is 4.90 Å². The van der Waals surface area contributed by atoms with Gasteiger partial charge >= 0.3 is 6.18 Å². The molecule has 0 saturated heterocycles. The molecule has 1 fully saturated rings. The fraction of sp³-hybridized carbons (Fsp3) is 0.625. The van der Waals surface area contributed by atoms with Gasteiger partial charge in [0.15, 0.2) is 0 Å². The quantitative estimate of drug-likeness (QED) is 0.736. The monoisotopic (exact) mass is 300 g/mol. The smallest absolute Gasteiger partial charge is 0.315 e. The van der Waals surface area contributed by atoms with Crippen molar-refractivity contribution in [3.05, 3.63) is 35.9 Å². The van der Waals surface area contributed by atoms with Crippen LogP contribution in [0.2, 0.25) is 0 Å². The molecular formula is C16H23F3N2. The molecule has 1 aliphatic carbocycles. The molecule has 118 valence electrons. The molecule has 2 rings (SSSR count). The van der Waals surface area contributed by atoms with E-state index in [2.05, 4.69) is 12.2 Å². The average Bonchev–Trinajstić information content (AvgIpc) is 3.26. The fourth-order valence-electron chi connectivity index (χ4n) is 2.62. The van der Waals surface area contributed by atoms with Crippen molar-refractivity contribution in [2.24, 2.45) is 0 Å². The Bertz CT molecular complexity index is 415. The number of halogens is 3. The van der Waals surface area contributed by atoms with E-state index < -0.39 is 12.7 Å². The Morgan fingerprint density at radius 2 is 1.90 bits per heavy atom. The number of nitrogens with one attached hydrogen (secondary N) is 1. The summed E-state index contributed by atoms with van der Waals surface area (Å²) in [5, 5.41) is 3.27.